The molecular formula is C22H16Cl5N3O2S. The van der Waals surface area contributed by atoms with Crippen LogP contribution in [0.25, 0.3) is 0 Å². The molecule has 0 spiro atoms. The average molecular weight is 564 g/mol. The molecule has 0 amide bonds. The Bertz CT molecular complexity index is 1330. The molecule has 4 rings (SSSR count). The van der Waals surface area contributed by atoms with Crippen LogP contribution in [0.5, 0.6) is 0 Å². The van der Waals surface area contributed by atoms with Gasteiger partial charge in [-0.25, -0.2) is 13.1 Å². The first-order chi connectivity index (χ1) is 15.6. The van der Waals surface area contributed by atoms with E-state index in [4.69, 9.17) is 58.0 Å². The lowest BCUT2D eigenvalue weighted by atomic mass is 10.0. The van der Waals surface area contributed by atoms with E-state index in [1.807, 2.05) is 12.1 Å². The van der Waals surface area contributed by atoms with E-state index in [2.05, 4.69) is 9.82 Å². The molecule has 11 heteroatoms. The van der Waals surface area contributed by atoms with Crippen molar-refractivity contribution in [3.05, 3.63) is 91.3 Å². The Hall–Kier alpha value is -1.51. The van der Waals surface area contributed by atoms with Gasteiger partial charge in [-0.05, 0) is 54.1 Å². The quantitative estimate of drug-likeness (QED) is 0.344. The van der Waals surface area contributed by atoms with Gasteiger partial charge in [-0.2, -0.15) is 5.10 Å². The smallest absolute Gasteiger partial charge is 0.242 e. The molecule has 172 valence electrons. The second-order valence-electron chi connectivity index (χ2n) is 7.28. The summed E-state index contributed by atoms with van der Waals surface area (Å²) in [6, 6.07) is 16.6. The van der Waals surface area contributed by atoms with Crippen molar-refractivity contribution in [1.29, 1.82) is 0 Å². The molecule has 5 nitrogen and oxygen atoms in total. The summed E-state index contributed by atoms with van der Waals surface area (Å²) in [7, 11) is -3.91. The van der Waals surface area contributed by atoms with Crippen LogP contribution >= 0.6 is 58.0 Å². The molecule has 1 aliphatic rings. The number of hydrogen-bond donors (Lipinski definition) is 1. The van der Waals surface area contributed by atoms with Gasteiger partial charge in [-0.3, -0.25) is 5.01 Å². The summed E-state index contributed by atoms with van der Waals surface area (Å²) >= 11 is 30.6. The highest BCUT2D eigenvalue weighted by Crippen LogP contribution is 2.39. The van der Waals surface area contributed by atoms with Crippen LogP contribution in [0, 0.1) is 0 Å². The van der Waals surface area contributed by atoms with E-state index in [1.54, 1.807) is 35.3 Å². The minimum Gasteiger partial charge on any atom is -0.256 e. The van der Waals surface area contributed by atoms with Crippen LogP contribution in [0.4, 0.5) is 5.69 Å². The third-order valence-electron chi connectivity index (χ3n) is 5.03. The van der Waals surface area contributed by atoms with Crippen molar-refractivity contribution in [2.45, 2.75) is 17.4 Å². The zero-order valence-corrected chi connectivity index (χ0v) is 21.4. The number of hydrogen-bond acceptors (Lipinski definition) is 4. The first kappa shape index (κ1) is 24.6. The van der Waals surface area contributed by atoms with Crippen LogP contribution in [-0.2, 0) is 10.0 Å². The van der Waals surface area contributed by atoms with Crippen LogP contribution < -0.4 is 9.73 Å². The summed E-state index contributed by atoms with van der Waals surface area (Å²) in [5, 5.41) is 8.32. The van der Waals surface area contributed by atoms with E-state index in [0.717, 1.165) is 5.56 Å². The maximum Gasteiger partial charge on any atom is 0.242 e. The van der Waals surface area contributed by atoms with Crippen molar-refractivity contribution >= 4 is 79.4 Å². The third kappa shape index (κ3) is 5.60. The highest BCUT2D eigenvalue weighted by atomic mass is 35.5. The molecule has 0 saturated carbocycles. The van der Waals surface area contributed by atoms with Crippen molar-refractivity contribution in [1.82, 2.24) is 4.72 Å². The second-order valence-corrected chi connectivity index (χ2v) is 11.1. The predicted octanol–water partition coefficient (Wildman–Crippen LogP) is 7.24. The minimum atomic E-state index is -3.91. The zero-order chi connectivity index (χ0) is 23.8. The topological polar surface area (TPSA) is 61.8 Å². The van der Waals surface area contributed by atoms with Gasteiger partial charge in [0.15, 0.2) is 0 Å². The molecule has 0 saturated heterocycles. The maximum atomic E-state index is 12.8. The number of nitrogens with one attached hydrogen (secondary N) is 1. The lowest BCUT2D eigenvalue weighted by Gasteiger charge is -2.25. The van der Waals surface area contributed by atoms with Crippen molar-refractivity contribution in [2.75, 3.05) is 11.6 Å². The molecule has 33 heavy (non-hydrogen) atoms. The van der Waals surface area contributed by atoms with Gasteiger partial charge in [-0.1, -0.05) is 70.1 Å². The number of sulfonamides is 1. The van der Waals surface area contributed by atoms with E-state index in [-0.39, 0.29) is 27.5 Å². The molecule has 1 atom stereocenters. The monoisotopic (exact) mass is 561 g/mol. The number of rotatable bonds is 6. The Labute approximate surface area is 216 Å². The van der Waals surface area contributed by atoms with E-state index < -0.39 is 10.0 Å². The van der Waals surface area contributed by atoms with E-state index in [1.165, 1.54) is 18.2 Å². The molecule has 0 radical (unpaired) electrons. The summed E-state index contributed by atoms with van der Waals surface area (Å²) in [4.78, 5) is -0.0953. The van der Waals surface area contributed by atoms with Gasteiger partial charge in [0.25, 0.3) is 0 Å². The lowest BCUT2D eigenvalue weighted by molar-refractivity contribution is 0.586. The van der Waals surface area contributed by atoms with Crippen molar-refractivity contribution in [3.63, 3.8) is 0 Å². The average Bonchev–Trinajstić information content (AvgIpc) is 3.18. The Kier molecular flexibility index (Phi) is 7.46. The van der Waals surface area contributed by atoms with E-state index in [0.29, 0.717) is 32.9 Å². The van der Waals surface area contributed by atoms with Gasteiger partial charge in [0, 0.05) is 21.5 Å². The van der Waals surface area contributed by atoms with Gasteiger partial charge in [0.1, 0.15) is 4.90 Å². The Morgan fingerprint density at radius 1 is 0.848 bits per heavy atom. The second kappa shape index (κ2) is 10.0. The molecule has 1 N–H and O–H groups in total. The van der Waals surface area contributed by atoms with Gasteiger partial charge >= 0.3 is 0 Å². The third-order valence-corrected chi connectivity index (χ3v) is 7.94. The summed E-state index contributed by atoms with van der Waals surface area (Å²) < 4.78 is 28.2. The van der Waals surface area contributed by atoms with Crippen LogP contribution in [0.15, 0.2) is 70.7 Å². The Morgan fingerprint density at radius 2 is 1.48 bits per heavy atom. The molecule has 0 bridgehead atoms. The molecule has 0 aliphatic carbocycles. The predicted molar refractivity (Wildman–Crippen MR) is 137 cm³/mol. The fourth-order valence-corrected chi connectivity index (χ4v) is 5.85. The van der Waals surface area contributed by atoms with Gasteiger partial charge in [0.05, 0.1) is 34.0 Å². The first-order valence-corrected chi connectivity index (χ1v) is 13.0. The number of nitrogens with zero attached hydrogens (tertiary/aromatic N) is 2. The molecule has 1 aliphatic heterocycles. The van der Waals surface area contributed by atoms with Crippen LogP contribution in [0.1, 0.15) is 18.0 Å². The van der Waals surface area contributed by atoms with E-state index >= 15 is 0 Å². The molecule has 1 heterocycles. The summed E-state index contributed by atoms with van der Waals surface area (Å²) in [5.41, 5.74) is 2.21. The van der Waals surface area contributed by atoms with Crippen LogP contribution in [0.2, 0.25) is 25.1 Å². The molecule has 3 aromatic carbocycles. The SMILES string of the molecule is O=S(=O)(NCC1=NN(c2ccc(Cl)cc2Cl)[C@@H](c2ccc(Cl)cc2)C1)c1cc(Cl)ccc1Cl. The number of benzene rings is 3. The highest BCUT2D eigenvalue weighted by molar-refractivity contribution is 7.89. The van der Waals surface area contributed by atoms with Crippen molar-refractivity contribution in [2.24, 2.45) is 5.10 Å². The normalized spacial score (nSPS) is 16.2. The molecule has 0 fully saturated rings. The standard InChI is InChI=1S/C22H16Cl5N3O2S/c23-14-3-1-13(2-4-14)21-11-17(29-30(21)20-8-6-15(24)9-19(20)27)12-28-33(31,32)22-10-16(25)5-7-18(22)26/h1-10,21,28H,11-12H2/t21-/m1/s1. The van der Waals surface area contributed by atoms with Gasteiger partial charge < -0.3 is 0 Å². The number of anilines is 1. The summed E-state index contributed by atoms with van der Waals surface area (Å²) in [6.45, 7) is -0.0169. The Morgan fingerprint density at radius 3 is 2.18 bits per heavy atom. The lowest BCUT2D eigenvalue weighted by Crippen LogP contribution is -2.29. The van der Waals surface area contributed by atoms with Crippen molar-refractivity contribution < 1.29 is 8.42 Å². The van der Waals surface area contributed by atoms with Crippen LogP contribution in [0.3, 0.4) is 0 Å². The molecular weight excluding hydrogens is 548 g/mol. The van der Waals surface area contributed by atoms with Crippen molar-refractivity contribution in [3.8, 4) is 0 Å². The first-order valence-electron chi connectivity index (χ1n) is 9.65. The van der Waals surface area contributed by atoms with Gasteiger partial charge in [-0.15, -0.1) is 0 Å². The zero-order valence-electron chi connectivity index (χ0n) is 16.8. The highest BCUT2D eigenvalue weighted by Gasteiger charge is 2.31. The largest absolute Gasteiger partial charge is 0.256 e. The maximum absolute atomic E-state index is 12.8. The molecule has 3 aromatic rings. The Balaban J connectivity index is 1.63. The fourth-order valence-electron chi connectivity index (χ4n) is 3.45. The van der Waals surface area contributed by atoms with E-state index in [9.17, 15) is 8.42 Å². The minimum absolute atomic E-state index is 0.0169. The molecule has 0 unspecified atom stereocenters. The summed E-state index contributed by atoms with van der Waals surface area (Å²) in [5.74, 6) is 0. The number of halogens is 5. The van der Waals surface area contributed by atoms with Crippen LogP contribution in [-0.4, -0.2) is 20.7 Å². The number of hydrazone groups is 1. The summed E-state index contributed by atoms with van der Waals surface area (Å²) in [6.07, 6.45) is 0.465. The molecule has 0 aromatic heterocycles. The van der Waals surface area contributed by atoms with Gasteiger partial charge in [0.2, 0.25) is 10.0 Å². The fraction of sp³-hybridized carbons (Fsp3) is 0.136.